The molecule has 0 spiro atoms. The first-order valence-corrected chi connectivity index (χ1v) is 9.42. The SMILES string of the molecule is C[C@H](N)C(=O)N1CCOc2c(O)cc(-c3csc4ccccc34)cc2C1.Cl. The van der Waals surface area contributed by atoms with E-state index in [1.165, 1.54) is 4.70 Å². The molecule has 142 valence electrons. The minimum absolute atomic E-state index is 0. The van der Waals surface area contributed by atoms with Gasteiger partial charge in [0.25, 0.3) is 0 Å². The summed E-state index contributed by atoms with van der Waals surface area (Å²) in [6.45, 7) is 2.84. The second kappa shape index (κ2) is 7.76. The fourth-order valence-electron chi connectivity index (χ4n) is 3.33. The van der Waals surface area contributed by atoms with Gasteiger partial charge in [-0.2, -0.15) is 0 Å². The van der Waals surface area contributed by atoms with E-state index in [9.17, 15) is 9.90 Å². The van der Waals surface area contributed by atoms with Crippen molar-refractivity contribution in [1.82, 2.24) is 4.90 Å². The van der Waals surface area contributed by atoms with Crippen LogP contribution in [0.4, 0.5) is 0 Å². The first-order chi connectivity index (χ1) is 12.5. The largest absolute Gasteiger partial charge is 0.504 e. The van der Waals surface area contributed by atoms with Gasteiger partial charge in [0.2, 0.25) is 5.91 Å². The number of phenolic OH excluding ortho intramolecular Hbond substituents is 1. The van der Waals surface area contributed by atoms with Crippen molar-refractivity contribution in [3.8, 4) is 22.6 Å². The monoisotopic (exact) mass is 404 g/mol. The third-order valence-corrected chi connectivity index (χ3v) is 5.57. The number of aromatic hydroxyl groups is 1. The first-order valence-electron chi connectivity index (χ1n) is 8.54. The van der Waals surface area contributed by atoms with Gasteiger partial charge in [-0.3, -0.25) is 4.79 Å². The average Bonchev–Trinajstić information content (AvgIpc) is 2.93. The highest BCUT2D eigenvalue weighted by Crippen LogP contribution is 2.41. The number of hydrogen-bond acceptors (Lipinski definition) is 5. The number of nitrogens with zero attached hydrogens (tertiary/aromatic N) is 1. The highest BCUT2D eigenvalue weighted by atomic mass is 35.5. The van der Waals surface area contributed by atoms with Crippen molar-refractivity contribution >= 4 is 39.7 Å². The number of fused-ring (bicyclic) bond motifs is 2. The van der Waals surface area contributed by atoms with Crippen LogP contribution in [0.2, 0.25) is 0 Å². The number of amides is 1. The maximum Gasteiger partial charge on any atom is 0.239 e. The molecule has 1 aliphatic heterocycles. The van der Waals surface area contributed by atoms with Gasteiger partial charge >= 0.3 is 0 Å². The minimum Gasteiger partial charge on any atom is -0.504 e. The Morgan fingerprint density at radius 3 is 2.89 bits per heavy atom. The predicted octanol–water partition coefficient (Wildman–Crippen LogP) is 3.76. The topological polar surface area (TPSA) is 75.8 Å². The van der Waals surface area contributed by atoms with Crippen molar-refractivity contribution in [3.05, 3.63) is 47.3 Å². The van der Waals surface area contributed by atoms with E-state index < -0.39 is 6.04 Å². The Balaban J connectivity index is 0.00000210. The Kier molecular flexibility index (Phi) is 5.60. The lowest BCUT2D eigenvalue weighted by atomic mass is 10.0. The molecule has 0 saturated carbocycles. The van der Waals surface area contributed by atoms with E-state index in [0.29, 0.717) is 25.4 Å². The van der Waals surface area contributed by atoms with E-state index >= 15 is 0 Å². The lowest BCUT2D eigenvalue weighted by Gasteiger charge is -2.22. The maximum atomic E-state index is 12.3. The second-order valence-corrected chi connectivity index (χ2v) is 7.44. The van der Waals surface area contributed by atoms with Gasteiger partial charge in [0, 0.05) is 27.8 Å². The van der Waals surface area contributed by atoms with Crippen LogP contribution in [0.3, 0.4) is 0 Å². The Morgan fingerprint density at radius 2 is 2.11 bits per heavy atom. The van der Waals surface area contributed by atoms with Crippen LogP contribution in [-0.4, -0.2) is 35.1 Å². The van der Waals surface area contributed by atoms with Crippen LogP contribution >= 0.6 is 23.7 Å². The Morgan fingerprint density at radius 1 is 1.33 bits per heavy atom. The minimum atomic E-state index is -0.561. The summed E-state index contributed by atoms with van der Waals surface area (Å²) in [6.07, 6.45) is 0. The number of halogens is 1. The Hall–Kier alpha value is -2.28. The molecule has 7 heteroatoms. The van der Waals surface area contributed by atoms with Crippen molar-refractivity contribution in [3.63, 3.8) is 0 Å². The molecule has 1 atom stereocenters. The summed E-state index contributed by atoms with van der Waals surface area (Å²) in [5.41, 5.74) is 8.53. The summed E-state index contributed by atoms with van der Waals surface area (Å²) in [5, 5.41) is 13.8. The Labute approximate surface area is 167 Å². The van der Waals surface area contributed by atoms with Crippen molar-refractivity contribution in [1.29, 1.82) is 0 Å². The molecule has 0 aliphatic carbocycles. The second-order valence-electron chi connectivity index (χ2n) is 6.53. The predicted molar refractivity (Wildman–Crippen MR) is 111 cm³/mol. The summed E-state index contributed by atoms with van der Waals surface area (Å²) in [7, 11) is 0. The molecule has 0 saturated heterocycles. The molecule has 3 N–H and O–H groups in total. The molecular formula is C20H21ClN2O3S. The van der Waals surface area contributed by atoms with Crippen LogP contribution in [0.1, 0.15) is 12.5 Å². The van der Waals surface area contributed by atoms with E-state index in [1.807, 2.05) is 18.2 Å². The van der Waals surface area contributed by atoms with Crippen LogP contribution in [0.15, 0.2) is 41.8 Å². The Bertz CT molecular complexity index is 987. The van der Waals surface area contributed by atoms with Gasteiger partial charge in [0.05, 0.1) is 12.6 Å². The number of rotatable bonds is 2. The summed E-state index contributed by atoms with van der Waals surface area (Å²) in [6, 6.07) is 11.4. The zero-order valence-corrected chi connectivity index (χ0v) is 16.5. The standard InChI is InChI=1S/C20H20N2O3S.ClH/c1-12(21)20(24)22-6-7-25-19-14(10-22)8-13(9-17(19)23)16-11-26-18-5-3-2-4-15(16)18;/h2-5,8-9,11-12,23H,6-7,10,21H2,1H3;1H/t12-;/m0./s1. The number of carbonyl (C=O) groups is 1. The van der Waals surface area contributed by atoms with Crippen molar-refractivity contribution in [2.45, 2.75) is 19.5 Å². The fraction of sp³-hybridized carbons (Fsp3) is 0.250. The lowest BCUT2D eigenvalue weighted by Crippen LogP contribution is -2.42. The molecule has 0 unspecified atom stereocenters. The van der Waals surface area contributed by atoms with E-state index in [4.69, 9.17) is 10.5 Å². The van der Waals surface area contributed by atoms with Crippen LogP contribution in [-0.2, 0) is 11.3 Å². The molecular weight excluding hydrogens is 384 g/mol. The molecule has 1 aliphatic rings. The average molecular weight is 405 g/mol. The molecule has 0 bridgehead atoms. The van der Waals surface area contributed by atoms with Gasteiger partial charge in [-0.1, -0.05) is 18.2 Å². The fourth-order valence-corrected chi connectivity index (χ4v) is 4.30. The van der Waals surface area contributed by atoms with Crippen LogP contribution < -0.4 is 10.5 Å². The number of nitrogens with two attached hydrogens (primary N) is 1. The first kappa shape index (κ1) is 19.5. The highest BCUT2D eigenvalue weighted by Gasteiger charge is 2.24. The molecule has 4 rings (SSSR count). The normalized spacial score (nSPS) is 14.7. The number of carbonyl (C=O) groups excluding carboxylic acids is 1. The van der Waals surface area contributed by atoms with Crippen molar-refractivity contribution in [2.24, 2.45) is 5.73 Å². The number of hydrogen-bond donors (Lipinski definition) is 2. The number of benzene rings is 2. The van der Waals surface area contributed by atoms with Gasteiger partial charge in [0.1, 0.15) is 6.61 Å². The van der Waals surface area contributed by atoms with Crippen LogP contribution in [0.5, 0.6) is 11.5 Å². The number of thiophene rings is 1. The molecule has 5 nitrogen and oxygen atoms in total. The molecule has 2 heterocycles. The molecule has 3 aromatic rings. The summed E-state index contributed by atoms with van der Waals surface area (Å²) in [5.74, 6) is 0.434. The maximum absolute atomic E-state index is 12.3. The summed E-state index contributed by atoms with van der Waals surface area (Å²) >= 11 is 1.67. The van der Waals surface area contributed by atoms with Crippen LogP contribution in [0.25, 0.3) is 21.2 Å². The van der Waals surface area contributed by atoms with Gasteiger partial charge in [0.15, 0.2) is 11.5 Å². The smallest absolute Gasteiger partial charge is 0.239 e. The van der Waals surface area contributed by atoms with Gasteiger partial charge in [-0.05, 0) is 36.1 Å². The quantitative estimate of drug-likeness (QED) is 0.681. The lowest BCUT2D eigenvalue weighted by molar-refractivity contribution is -0.132. The van der Waals surface area contributed by atoms with Crippen molar-refractivity contribution < 1.29 is 14.6 Å². The third kappa shape index (κ3) is 3.60. The van der Waals surface area contributed by atoms with Gasteiger partial charge in [-0.15, -0.1) is 23.7 Å². The van der Waals surface area contributed by atoms with E-state index in [-0.39, 0.29) is 24.1 Å². The summed E-state index contributed by atoms with van der Waals surface area (Å²) < 4.78 is 6.91. The molecule has 1 amide bonds. The summed E-state index contributed by atoms with van der Waals surface area (Å²) in [4.78, 5) is 14.0. The van der Waals surface area contributed by atoms with E-state index in [2.05, 4.69) is 17.5 Å². The highest BCUT2D eigenvalue weighted by molar-refractivity contribution is 7.17. The molecule has 27 heavy (non-hydrogen) atoms. The van der Waals surface area contributed by atoms with E-state index in [1.54, 1.807) is 29.2 Å². The van der Waals surface area contributed by atoms with Gasteiger partial charge < -0.3 is 20.5 Å². The number of ether oxygens (including phenoxy) is 1. The molecule has 2 aromatic carbocycles. The zero-order valence-electron chi connectivity index (χ0n) is 14.8. The van der Waals surface area contributed by atoms with Crippen LogP contribution in [0, 0.1) is 0 Å². The van der Waals surface area contributed by atoms with E-state index in [0.717, 1.165) is 22.1 Å². The number of phenols is 1. The molecule has 0 radical (unpaired) electrons. The zero-order chi connectivity index (χ0) is 18.3. The third-order valence-electron chi connectivity index (χ3n) is 4.61. The van der Waals surface area contributed by atoms with Gasteiger partial charge in [-0.25, -0.2) is 0 Å². The molecule has 1 aromatic heterocycles. The van der Waals surface area contributed by atoms with Crippen molar-refractivity contribution in [2.75, 3.05) is 13.2 Å². The molecule has 0 fully saturated rings.